The maximum atomic E-state index is 11.2. The number of carboxylic acid groups (broad SMARTS) is 1. The smallest absolute Gasteiger partial charge is 0.320 e. The van der Waals surface area contributed by atoms with Crippen molar-refractivity contribution in [3.05, 3.63) is 28.7 Å². The highest BCUT2D eigenvalue weighted by Crippen LogP contribution is 2.19. The van der Waals surface area contributed by atoms with Crippen LogP contribution in [0.15, 0.2) is 28.7 Å². The predicted octanol–water partition coefficient (Wildman–Crippen LogP) is 2.77. The molecular formula is C14H18BrNO3. The van der Waals surface area contributed by atoms with Crippen molar-refractivity contribution in [2.24, 2.45) is 0 Å². The molecule has 0 amide bonds. The van der Waals surface area contributed by atoms with Crippen molar-refractivity contribution in [1.29, 1.82) is 0 Å². The Bertz CT molecular complexity index is 438. The summed E-state index contributed by atoms with van der Waals surface area (Å²) < 4.78 is 6.63. The highest BCUT2D eigenvalue weighted by atomic mass is 79.9. The summed E-state index contributed by atoms with van der Waals surface area (Å²) in [4.78, 5) is 13.2. The van der Waals surface area contributed by atoms with Crippen LogP contribution in [0.2, 0.25) is 0 Å². The van der Waals surface area contributed by atoms with Crippen molar-refractivity contribution in [3.63, 3.8) is 0 Å². The number of carboxylic acids is 1. The van der Waals surface area contributed by atoms with Gasteiger partial charge in [-0.25, -0.2) is 0 Å². The number of benzene rings is 1. The highest BCUT2D eigenvalue weighted by molar-refractivity contribution is 9.10. The summed E-state index contributed by atoms with van der Waals surface area (Å²) in [5.41, 5.74) is 0. The van der Waals surface area contributed by atoms with Gasteiger partial charge in [0.25, 0.3) is 0 Å². The van der Waals surface area contributed by atoms with E-state index in [2.05, 4.69) is 15.9 Å². The van der Waals surface area contributed by atoms with Gasteiger partial charge in [0, 0.05) is 11.0 Å². The van der Waals surface area contributed by atoms with E-state index in [-0.39, 0.29) is 6.04 Å². The molecule has 1 aromatic rings. The van der Waals surface area contributed by atoms with Gasteiger partial charge in [-0.3, -0.25) is 9.69 Å². The summed E-state index contributed by atoms with van der Waals surface area (Å²) in [6, 6.07) is 7.32. The van der Waals surface area contributed by atoms with Crippen molar-refractivity contribution in [3.8, 4) is 5.75 Å². The van der Waals surface area contributed by atoms with Crippen LogP contribution < -0.4 is 4.74 Å². The predicted molar refractivity (Wildman–Crippen MR) is 76.5 cm³/mol. The van der Waals surface area contributed by atoms with Gasteiger partial charge >= 0.3 is 5.97 Å². The standard InChI is InChI=1S/C14H18BrNO3/c15-11-4-3-5-12(10-11)19-9-8-16-7-2-1-6-13(16)14(17)18/h3-5,10,13H,1-2,6-9H2,(H,17,18). The second-order valence-electron chi connectivity index (χ2n) is 4.69. The topological polar surface area (TPSA) is 49.8 Å². The first-order valence-corrected chi connectivity index (χ1v) is 7.31. The van der Waals surface area contributed by atoms with Gasteiger partial charge in [-0.1, -0.05) is 28.4 Å². The van der Waals surface area contributed by atoms with Crippen molar-refractivity contribution in [2.45, 2.75) is 25.3 Å². The molecule has 0 spiro atoms. The lowest BCUT2D eigenvalue weighted by Gasteiger charge is -2.32. The molecule has 1 heterocycles. The van der Waals surface area contributed by atoms with Crippen LogP contribution in [0.25, 0.3) is 0 Å². The van der Waals surface area contributed by atoms with Crippen LogP contribution in [-0.2, 0) is 4.79 Å². The number of likely N-dealkylation sites (tertiary alicyclic amines) is 1. The maximum absolute atomic E-state index is 11.2. The number of carbonyl (C=O) groups is 1. The fourth-order valence-corrected chi connectivity index (χ4v) is 2.75. The summed E-state index contributed by atoms with van der Waals surface area (Å²) in [5.74, 6) is 0.0837. The molecule has 0 aromatic heterocycles. The minimum Gasteiger partial charge on any atom is -0.492 e. The SMILES string of the molecule is O=C(O)C1CCCCN1CCOc1cccc(Br)c1. The summed E-state index contributed by atoms with van der Waals surface area (Å²) in [6.45, 7) is 2.02. The van der Waals surface area contributed by atoms with E-state index in [9.17, 15) is 9.90 Å². The fourth-order valence-electron chi connectivity index (χ4n) is 2.38. The average Bonchev–Trinajstić information content (AvgIpc) is 2.39. The molecule has 1 atom stereocenters. The first-order chi connectivity index (χ1) is 9.16. The van der Waals surface area contributed by atoms with Crippen LogP contribution in [-0.4, -0.2) is 41.7 Å². The van der Waals surface area contributed by atoms with Crippen LogP contribution in [0.5, 0.6) is 5.75 Å². The molecule has 2 rings (SSSR count). The molecule has 0 saturated carbocycles. The van der Waals surface area contributed by atoms with E-state index >= 15 is 0 Å². The van der Waals surface area contributed by atoms with Gasteiger partial charge in [-0.05, 0) is 37.6 Å². The third kappa shape index (κ3) is 4.21. The number of halogens is 1. The van der Waals surface area contributed by atoms with Crippen LogP contribution in [0.4, 0.5) is 0 Å². The zero-order chi connectivity index (χ0) is 13.7. The van der Waals surface area contributed by atoms with Gasteiger partial charge < -0.3 is 9.84 Å². The van der Waals surface area contributed by atoms with Crippen LogP contribution in [0.1, 0.15) is 19.3 Å². The molecule has 0 aliphatic carbocycles. The Morgan fingerprint density at radius 3 is 3.05 bits per heavy atom. The molecule has 1 fully saturated rings. The van der Waals surface area contributed by atoms with Crippen LogP contribution in [0.3, 0.4) is 0 Å². The number of rotatable bonds is 5. The second-order valence-corrected chi connectivity index (χ2v) is 5.61. The molecule has 5 heteroatoms. The first-order valence-electron chi connectivity index (χ1n) is 6.52. The summed E-state index contributed by atoms with van der Waals surface area (Å²) in [7, 11) is 0. The highest BCUT2D eigenvalue weighted by Gasteiger charge is 2.27. The minimum atomic E-state index is -0.720. The quantitative estimate of drug-likeness (QED) is 0.903. The molecule has 0 bridgehead atoms. The van der Waals surface area contributed by atoms with Gasteiger partial charge in [-0.15, -0.1) is 0 Å². The second kappa shape index (κ2) is 6.91. The van der Waals surface area contributed by atoms with Crippen LogP contribution >= 0.6 is 15.9 Å². The van der Waals surface area contributed by atoms with Gasteiger partial charge in [0.1, 0.15) is 18.4 Å². The molecule has 104 valence electrons. The van der Waals surface area contributed by atoms with Crippen molar-refractivity contribution in [1.82, 2.24) is 4.90 Å². The van der Waals surface area contributed by atoms with E-state index in [1.807, 2.05) is 29.2 Å². The maximum Gasteiger partial charge on any atom is 0.320 e. The number of hydrogen-bond donors (Lipinski definition) is 1. The molecule has 4 nitrogen and oxygen atoms in total. The third-order valence-corrected chi connectivity index (χ3v) is 3.84. The molecular weight excluding hydrogens is 310 g/mol. The van der Waals surface area contributed by atoms with Crippen LogP contribution in [0, 0.1) is 0 Å². The molecule has 1 aromatic carbocycles. The molecule has 1 N–H and O–H groups in total. The summed E-state index contributed by atoms with van der Waals surface area (Å²) in [6.07, 6.45) is 2.81. The number of nitrogens with zero attached hydrogens (tertiary/aromatic N) is 1. The summed E-state index contributed by atoms with van der Waals surface area (Å²) >= 11 is 3.39. The van der Waals surface area contributed by atoms with E-state index in [1.54, 1.807) is 0 Å². The van der Waals surface area contributed by atoms with E-state index < -0.39 is 5.97 Å². The average molecular weight is 328 g/mol. The van der Waals surface area contributed by atoms with Gasteiger partial charge in [-0.2, -0.15) is 0 Å². The van der Waals surface area contributed by atoms with E-state index in [0.29, 0.717) is 13.2 Å². The molecule has 0 radical (unpaired) electrons. The zero-order valence-corrected chi connectivity index (χ0v) is 12.3. The third-order valence-electron chi connectivity index (χ3n) is 3.34. The Balaban J connectivity index is 1.82. The Morgan fingerprint density at radius 2 is 2.32 bits per heavy atom. The zero-order valence-electron chi connectivity index (χ0n) is 10.7. The molecule has 1 aliphatic heterocycles. The van der Waals surface area contributed by atoms with Crippen molar-refractivity contribution < 1.29 is 14.6 Å². The normalized spacial score (nSPS) is 20.2. The van der Waals surface area contributed by atoms with Crippen molar-refractivity contribution in [2.75, 3.05) is 19.7 Å². The molecule has 1 aliphatic rings. The Labute approximate surface area is 121 Å². The van der Waals surface area contributed by atoms with Gasteiger partial charge in [0.15, 0.2) is 0 Å². The van der Waals surface area contributed by atoms with E-state index in [4.69, 9.17) is 4.74 Å². The number of aliphatic carboxylic acids is 1. The lowest BCUT2D eigenvalue weighted by Crippen LogP contribution is -2.46. The molecule has 1 unspecified atom stereocenters. The van der Waals surface area contributed by atoms with E-state index in [1.165, 1.54) is 0 Å². The Hall–Kier alpha value is -1.07. The number of ether oxygens (including phenoxy) is 1. The lowest BCUT2D eigenvalue weighted by molar-refractivity contribution is -0.144. The molecule has 1 saturated heterocycles. The Kier molecular flexibility index (Phi) is 5.22. The Morgan fingerprint density at radius 1 is 1.47 bits per heavy atom. The van der Waals surface area contributed by atoms with Gasteiger partial charge in [0.2, 0.25) is 0 Å². The lowest BCUT2D eigenvalue weighted by atomic mass is 10.0. The first kappa shape index (κ1) is 14.3. The summed E-state index contributed by atoms with van der Waals surface area (Å²) in [5, 5.41) is 9.17. The minimum absolute atomic E-state index is 0.347. The largest absolute Gasteiger partial charge is 0.492 e. The number of piperidine rings is 1. The van der Waals surface area contributed by atoms with Crippen molar-refractivity contribution >= 4 is 21.9 Å². The van der Waals surface area contributed by atoms with Gasteiger partial charge in [0.05, 0.1) is 0 Å². The number of hydrogen-bond acceptors (Lipinski definition) is 3. The van der Waals surface area contributed by atoms with E-state index in [0.717, 1.165) is 36.0 Å². The fraction of sp³-hybridized carbons (Fsp3) is 0.500. The molecule has 19 heavy (non-hydrogen) atoms. The monoisotopic (exact) mass is 327 g/mol.